The van der Waals surface area contributed by atoms with Crippen LogP contribution in [0.2, 0.25) is 0 Å². The summed E-state index contributed by atoms with van der Waals surface area (Å²) in [6, 6.07) is 16.4. The summed E-state index contributed by atoms with van der Waals surface area (Å²) in [5.74, 6) is -2.51. The summed E-state index contributed by atoms with van der Waals surface area (Å²) < 4.78 is 11.2. The van der Waals surface area contributed by atoms with Crippen LogP contribution >= 0.6 is 23.5 Å². The lowest BCUT2D eigenvalue weighted by atomic mass is 9.96. The normalized spacial score (nSPS) is 20.3. The molecule has 8 nitrogen and oxygen atoms in total. The molecule has 0 spiro atoms. The first-order valence-electron chi connectivity index (χ1n) is 12.7. The molecule has 0 bridgehead atoms. The lowest BCUT2D eigenvalue weighted by Crippen LogP contribution is -2.48. The second-order valence-electron chi connectivity index (χ2n) is 9.18. The first kappa shape index (κ1) is 28.7. The van der Waals surface area contributed by atoms with Crippen molar-refractivity contribution in [3.8, 4) is 0 Å². The van der Waals surface area contributed by atoms with Gasteiger partial charge in [0.25, 0.3) is 0 Å². The van der Waals surface area contributed by atoms with Crippen LogP contribution in [0.1, 0.15) is 23.6 Å². The number of hydrogen-bond acceptors (Lipinski definition) is 8. The number of hydrogen-bond donors (Lipinski definition) is 2. The van der Waals surface area contributed by atoms with E-state index >= 15 is 0 Å². The summed E-state index contributed by atoms with van der Waals surface area (Å²) in [6.45, 7) is 7.04. The molecule has 10 heteroatoms. The van der Waals surface area contributed by atoms with Crippen LogP contribution in [0.4, 0.5) is 0 Å². The number of benzene rings is 2. The second-order valence-corrected chi connectivity index (χ2v) is 11.1. The Kier molecular flexibility index (Phi) is 10.7. The summed E-state index contributed by atoms with van der Waals surface area (Å²) in [5, 5.41) is 15.6. The Morgan fingerprint density at radius 3 is 2.34 bits per heavy atom. The van der Waals surface area contributed by atoms with Gasteiger partial charge < -0.3 is 24.6 Å². The second kappa shape index (κ2) is 14.2. The van der Waals surface area contributed by atoms with Gasteiger partial charge in [-0.25, -0.2) is 9.59 Å². The number of nitrogens with zero attached hydrogens (tertiary/aromatic N) is 2. The van der Waals surface area contributed by atoms with Crippen molar-refractivity contribution >= 4 is 35.5 Å². The Balaban J connectivity index is 0.000000368. The molecular weight excluding hydrogens is 524 g/mol. The van der Waals surface area contributed by atoms with E-state index in [1.165, 1.54) is 25.8 Å². The van der Waals surface area contributed by atoms with E-state index in [9.17, 15) is 9.59 Å². The fraction of sp³-hybridized carbons (Fsp3) is 0.429. The van der Waals surface area contributed by atoms with Gasteiger partial charge in [-0.1, -0.05) is 30.0 Å². The number of fused-ring (bicyclic) bond motifs is 2. The van der Waals surface area contributed by atoms with Crippen LogP contribution in [0.3, 0.4) is 0 Å². The molecule has 3 aliphatic heterocycles. The number of carbonyl (C=O) groups is 2. The van der Waals surface area contributed by atoms with Crippen molar-refractivity contribution in [1.29, 1.82) is 0 Å². The number of ether oxygens (including phenoxy) is 2. The molecule has 1 atom stereocenters. The molecule has 2 aromatic rings. The van der Waals surface area contributed by atoms with Crippen LogP contribution in [0.15, 0.2) is 69.3 Å². The average Bonchev–Trinajstić information content (AvgIpc) is 3.39. The maximum absolute atomic E-state index is 9.55. The maximum Gasteiger partial charge on any atom is 0.328 e. The molecule has 0 amide bonds. The first-order chi connectivity index (χ1) is 18.4. The van der Waals surface area contributed by atoms with Gasteiger partial charge in [0.05, 0.1) is 13.2 Å². The van der Waals surface area contributed by atoms with Gasteiger partial charge in [0, 0.05) is 72.0 Å². The standard InChI is InChI=1S/C24H30N2O2S2.C4H4O4/c1-29-19-6-7-23-20(17-19)21(16-18-4-2-3-5-22(18)30-23)26-12-10-25(11-13-26)9-8-24-27-14-15-28-24;5-3(6)1-2-4(7)8/h2-7,17,21,24H,8-16H2,1H3;1-2H,(H,5,6)(H,7,8)/b;2-1+. The van der Waals surface area contributed by atoms with Gasteiger partial charge in [-0.2, -0.15) is 0 Å². The van der Waals surface area contributed by atoms with Gasteiger partial charge in [0.2, 0.25) is 0 Å². The van der Waals surface area contributed by atoms with Crippen LogP contribution in [-0.4, -0.2) is 90.4 Å². The quantitative estimate of drug-likeness (QED) is 0.379. The molecule has 204 valence electrons. The van der Waals surface area contributed by atoms with Crippen LogP contribution in [0.25, 0.3) is 0 Å². The summed E-state index contributed by atoms with van der Waals surface area (Å²) in [7, 11) is 0. The number of aliphatic carboxylic acids is 2. The van der Waals surface area contributed by atoms with E-state index in [2.05, 4.69) is 58.5 Å². The van der Waals surface area contributed by atoms with Crippen LogP contribution in [-0.2, 0) is 25.5 Å². The zero-order valence-electron chi connectivity index (χ0n) is 21.5. The predicted octanol–water partition coefficient (Wildman–Crippen LogP) is 4.25. The van der Waals surface area contributed by atoms with E-state index in [0.717, 1.165) is 58.8 Å². The average molecular weight is 559 g/mol. The molecule has 0 aromatic heterocycles. The smallest absolute Gasteiger partial charge is 0.328 e. The van der Waals surface area contributed by atoms with Crippen molar-refractivity contribution in [2.24, 2.45) is 0 Å². The monoisotopic (exact) mass is 558 g/mol. The van der Waals surface area contributed by atoms with Gasteiger partial charge in [-0.05, 0) is 48.1 Å². The van der Waals surface area contributed by atoms with E-state index in [1.54, 1.807) is 0 Å². The summed E-state index contributed by atoms with van der Waals surface area (Å²) in [4.78, 5) is 28.6. The molecule has 0 aliphatic carbocycles. The predicted molar refractivity (Wildman–Crippen MR) is 148 cm³/mol. The summed E-state index contributed by atoms with van der Waals surface area (Å²) in [5.41, 5.74) is 2.98. The Morgan fingerprint density at radius 1 is 1.00 bits per heavy atom. The van der Waals surface area contributed by atoms with E-state index in [4.69, 9.17) is 19.7 Å². The first-order valence-corrected chi connectivity index (χ1v) is 14.7. The number of carboxylic acids is 2. The zero-order chi connectivity index (χ0) is 26.9. The molecule has 38 heavy (non-hydrogen) atoms. The topological polar surface area (TPSA) is 99.5 Å². The van der Waals surface area contributed by atoms with Crippen molar-refractivity contribution in [3.05, 3.63) is 65.7 Å². The van der Waals surface area contributed by atoms with Crippen molar-refractivity contribution in [2.75, 3.05) is 52.2 Å². The Hall–Kier alpha value is -2.34. The molecule has 2 aromatic carbocycles. The molecule has 0 saturated carbocycles. The van der Waals surface area contributed by atoms with Crippen LogP contribution in [0, 0.1) is 0 Å². The Morgan fingerprint density at radius 2 is 1.68 bits per heavy atom. The third-order valence-corrected chi connectivity index (χ3v) is 8.70. The highest BCUT2D eigenvalue weighted by Gasteiger charge is 2.30. The third-order valence-electron chi connectivity index (χ3n) is 6.77. The van der Waals surface area contributed by atoms with Crippen molar-refractivity contribution in [3.63, 3.8) is 0 Å². The van der Waals surface area contributed by atoms with E-state index < -0.39 is 11.9 Å². The molecule has 3 heterocycles. The van der Waals surface area contributed by atoms with Gasteiger partial charge in [-0.3, -0.25) is 4.90 Å². The fourth-order valence-electron chi connectivity index (χ4n) is 4.84. The van der Waals surface area contributed by atoms with E-state index in [1.807, 2.05) is 23.5 Å². The highest BCUT2D eigenvalue weighted by Crippen LogP contribution is 2.44. The molecule has 5 rings (SSSR count). The summed E-state index contributed by atoms with van der Waals surface area (Å²) in [6.07, 6.45) is 5.37. The van der Waals surface area contributed by atoms with Crippen LogP contribution in [0.5, 0.6) is 0 Å². The minimum atomic E-state index is -1.26. The number of rotatable bonds is 7. The van der Waals surface area contributed by atoms with Gasteiger partial charge in [0.15, 0.2) is 6.29 Å². The Bertz CT molecular complexity index is 1110. The number of piperazine rings is 1. The lowest BCUT2D eigenvalue weighted by Gasteiger charge is -2.40. The zero-order valence-corrected chi connectivity index (χ0v) is 23.1. The van der Waals surface area contributed by atoms with Gasteiger partial charge in [0.1, 0.15) is 0 Å². The van der Waals surface area contributed by atoms with Crippen molar-refractivity contribution < 1.29 is 29.3 Å². The lowest BCUT2D eigenvalue weighted by molar-refractivity contribution is -0.134. The number of thioether (sulfide) groups is 1. The molecule has 2 fully saturated rings. The molecular formula is C28H34N2O6S2. The minimum Gasteiger partial charge on any atom is -0.478 e. The highest BCUT2D eigenvalue weighted by atomic mass is 32.2. The molecule has 3 aliphatic rings. The van der Waals surface area contributed by atoms with Crippen molar-refractivity contribution in [1.82, 2.24) is 9.80 Å². The highest BCUT2D eigenvalue weighted by molar-refractivity contribution is 7.99. The largest absolute Gasteiger partial charge is 0.478 e. The van der Waals surface area contributed by atoms with E-state index in [0.29, 0.717) is 18.2 Å². The van der Waals surface area contributed by atoms with Gasteiger partial charge >= 0.3 is 11.9 Å². The van der Waals surface area contributed by atoms with E-state index in [-0.39, 0.29) is 6.29 Å². The maximum atomic E-state index is 9.55. The Labute approximate surface area is 232 Å². The molecule has 1 unspecified atom stereocenters. The van der Waals surface area contributed by atoms with Crippen molar-refractivity contribution in [2.45, 2.75) is 39.9 Å². The fourth-order valence-corrected chi connectivity index (χ4v) is 6.41. The SMILES string of the molecule is CSc1ccc2c(c1)C(N1CCN(CCC3OCCO3)CC1)Cc1ccccc1S2.O=C(O)/C=C/C(=O)O. The molecule has 0 radical (unpaired) electrons. The third kappa shape index (κ3) is 8.08. The van der Waals surface area contributed by atoms with Gasteiger partial charge in [-0.15, -0.1) is 11.8 Å². The minimum absolute atomic E-state index is 0.00950. The van der Waals surface area contributed by atoms with Crippen LogP contribution < -0.4 is 0 Å². The number of carboxylic acid groups (broad SMARTS) is 2. The summed E-state index contributed by atoms with van der Waals surface area (Å²) >= 11 is 3.78. The molecule has 2 N–H and O–H groups in total. The molecule has 2 saturated heterocycles.